The van der Waals surface area contributed by atoms with E-state index in [9.17, 15) is 14.0 Å². The van der Waals surface area contributed by atoms with E-state index in [-0.39, 0.29) is 58.2 Å². The molecule has 5 rings (SSSR count). The smallest absolute Gasteiger partial charge is 0.288 e. The normalized spacial score (nSPS) is 14.9. The fourth-order valence-electron chi connectivity index (χ4n) is 4.17. The van der Waals surface area contributed by atoms with Crippen LogP contribution in [0.1, 0.15) is 35.2 Å². The molecule has 0 radical (unpaired) electrons. The summed E-state index contributed by atoms with van der Waals surface area (Å²) < 4.78 is 41.9. The molecule has 2 N–H and O–H groups in total. The molecule has 0 unspecified atom stereocenters. The van der Waals surface area contributed by atoms with Gasteiger partial charge in [0.15, 0.2) is 11.4 Å². The Balaban J connectivity index is 1.38. The quantitative estimate of drug-likeness (QED) is 0.353. The molecule has 2 amide bonds. The van der Waals surface area contributed by atoms with Gasteiger partial charge in [-0.15, -0.1) is 0 Å². The molecule has 4 aromatic rings. The van der Waals surface area contributed by atoms with Crippen LogP contribution in [0.3, 0.4) is 0 Å². The number of hydrogen-bond donors (Lipinski definition) is 2. The molecule has 1 aliphatic rings. The minimum Gasteiger partial charge on any atom is -0.375 e. The second-order valence-electron chi connectivity index (χ2n) is 9.12. The summed E-state index contributed by atoms with van der Waals surface area (Å²) in [6.07, 6.45) is 4.39. The second-order valence-corrected chi connectivity index (χ2v) is 9.56. The van der Waals surface area contributed by atoms with Gasteiger partial charge in [0.2, 0.25) is 11.7 Å². The van der Waals surface area contributed by atoms with Crippen molar-refractivity contribution < 1.29 is 27.6 Å². The van der Waals surface area contributed by atoms with Gasteiger partial charge in [-0.25, -0.2) is 13.8 Å². The lowest BCUT2D eigenvalue weighted by molar-refractivity contribution is -0.147. The van der Waals surface area contributed by atoms with Crippen molar-refractivity contribution in [1.82, 2.24) is 35.3 Å². The first-order valence-electron chi connectivity index (χ1n) is 11.7. The molecule has 0 bridgehead atoms. The van der Waals surface area contributed by atoms with Gasteiger partial charge in [-0.3, -0.25) is 14.6 Å². The first-order chi connectivity index (χ1) is 18.6. The molecular formula is C25H22ClF2N7O4. The van der Waals surface area contributed by atoms with Crippen LogP contribution in [0.5, 0.6) is 0 Å². The largest absolute Gasteiger partial charge is 0.375 e. The molecule has 0 saturated carbocycles. The third-order valence-corrected chi connectivity index (χ3v) is 6.47. The van der Waals surface area contributed by atoms with E-state index in [1.807, 2.05) is 0 Å². The van der Waals surface area contributed by atoms with E-state index in [1.165, 1.54) is 23.0 Å². The fourth-order valence-corrected chi connectivity index (χ4v) is 4.38. The van der Waals surface area contributed by atoms with Crippen LogP contribution in [0.15, 0.2) is 41.3 Å². The molecule has 1 aromatic carbocycles. The number of hydrogen-bond acceptors (Lipinski definition) is 8. The van der Waals surface area contributed by atoms with Crippen LogP contribution in [-0.4, -0.2) is 55.2 Å². The lowest BCUT2D eigenvalue weighted by Crippen LogP contribution is -2.70. The average Bonchev–Trinajstić information content (AvgIpc) is 3.48. The molecule has 3 aromatic heterocycles. The Hall–Kier alpha value is -4.23. The second kappa shape index (κ2) is 10.2. The number of nitrogens with zero attached hydrogens (tertiary/aromatic N) is 5. The number of halogens is 3. The molecule has 0 spiro atoms. The number of aryl methyl sites for hydroxylation is 2. The Kier molecular flexibility index (Phi) is 6.87. The summed E-state index contributed by atoms with van der Waals surface area (Å²) in [4.78, 5) is 38.0. The number of imidazole rings is 1. The number of nitrogens with one attached hydrogen (secondary N) is 2. The molecule has 202 valence electrons. The maximum Gasteiger partial charge on any atom is 0.288 e. The van der Waals surface area contributed by atoms with E-state index in [1.54, 1.807) is 27.1 Å². The highest BCUT2D eigenvalue weighted by molar-refractivity contribution is 6.31. The Labute approximate surface area is 225 Å². The molecule has 1 atom stereocenters. The monoisotopic (exact) mass is 557 g/mol. The average molecular weight is 558 g/mol. The van der Waals surface area contributed by atoms with Crippen LogP contribution in [0.2, 0.25) is 5.02 Å². The van der Waals surface area contributed by atoms with Crippen molar-refractivity contribution >= 4 is 23.4 Å². The van der Waals surface area contributed by atoms with Gasteiger partial charge in [0.1, 0.15) is 11.6 Å². The summed E-state index contributed by atoms with van der Waals surface area (Å²) in [6.45, 7) is 2.98. The molecule has 1 aliphatic heterocycles. The van der Waals surface area contributed by atoms with Crippen molar-refractivity contribution in [1.29, 1.82) is 0 Å². The van der Waals surface area contributed by atoms with Crippen LogP contribution in [0, 0.1) is 18.6 Å². The lowest BCUT2D eigenvalue weighted by atomic mass is 9.95. The van der Waals surface area contributed by atoms with Gasteiger partial charge < -0.3 is 24.5 Å². The molecule has 14 heteroatoms. The zero-order valence-corrected chi connectivity index (χ0v) is 21.7. The van der Waals surface area contributed by atoms with Crippen LogP contribution >= 0.6 is 11.6 Å². The highest BCUT2D eigenvalue weighted by atomic mass is 35.5. The maximum absolute atomic E-state index is 15.3. The van der Waals surface area contributed by atoms with Gasteiger partial charge in [0, 0.05) is 43.1 Å². The molecule has 0 aliphatic carbocycles. The SMILES string of the molecule is Cc1nc(-c2c(F)cc(Cl)cc2-c2cnc([C@@H](C)NC(=O)C3(NC(=O)c4nccn4C)COC3)c(F)c2)no1. The van der Waals surface area contributed by atoms with Crippen molar-refractivity contribution in [3.63, 3.8) is 0 Å². The number of carbonyl (C=O) groups excluding carboxylic acids is 2. The predicted molar refractivity (Wildman–Crippen MR) is 133 cm³/mol. The number of carbonyl (C=O) groups is 2. The van der Waals surface area contributed by atoms with Crippen LogP contribution in [0.4, 0.5) is 8.78 Å². The number of ether oxygens (including phenoxy) is 1. The van der Waals surface area contributed by atoms with Crippen LogP contribution in [0.25, 0.3) is 22.5 Å². The molecule has 39 heavy (non-hydrogen) atoms. The van der Waals surface area contributed by atoms with Crippen LogP contribution in [-0.2, 0) is 16.6 Å². The van der Waals surface area contributed by atoms with E-state index in [0.29, 0.717) is 0 Å². The topological polar surface area (TPSA) is 137 Å². The standard InChI is InChI=1S/C25H22ClF2N7O4/c1-12(31-24(37)25(10-38-11-25)33-23(36)22-29-4-5-35(22)3)20-18(28)6-14(9-30-20)16-7-15(26)8-17(27)19(16)21-32-13(2)39-34-21/h4-9,12H,10-11H2,1-3H3,(H,31,37)(H,33,36)/t12-/m1/s1. The Morgan fingerprint density at radius 3 is 2.54 bits per heavy atom. The van der Waals surface area contributed by atoms with Gasteiger partial charge in [-0.2, -0.15) is 4.98 Å². The van der Waals surface area contributed by atoms with E-state index < -0.39 is 35.0 Å². The van der Waals surface area contributed by atoms with Gasteiger partial charge >= 0.3 is 0 Å². The number of pyridine rings is 1. The summed E-state index contributed by atoms with van der Waals surface area (Å²) >= 11 is 6.07. The molecule has 1 fully saturated rings. The number of rotatable bonds is 7. The van der Waals surface area contributed by atoms with E-state index >= 15 is 4.39 Å². The molecule has 11 nitrogen and oxygen atoms in total. The van der Waals surface area contributed by atoms with E-state index in [2.05, 4.69) is 30.7 Å². The Morgan fingerprint density at radius 1 is 1.18 bits per heavy atom. The summed E-state index contributed by atoms with van der Waals surface area (Å²) in [5.74, 6) is -2.28. The van der Waals surface area contributed by atoms with Crippen LogP contribution < -0.4 is 10.6 Å². The van der Waals surface area contributed by atoms with Gasteiger partial charge in [0.05, 0.1) is 30.5 Å². The fraction of sp³-hybridized carbons (Fsp3) is 0.280. The number of aromatic nitrogens is 5. The highest BCUT2D eigenvalue weighted by Crippen LogP contribution is 2.36. The lowest BCUT2D eigenvalue weighted by Gasteiger charge is -2.40. The highest BCUT2D eigenvalue weighted by Gasteiger charge is 2.48. The van der Waals surface area contributed by atoms with Gasteiger partial charge in [0.25, 0.3) is 11.8 Å². The van der Waals surface area contributed by atoms with Gasteiger partial charge in [-0.05, 0) is 30.7 Å². The molecular weight excluding hydrogens is 536 g/mol. The number of amides is 2. The summed E-state index contributed by atoms with van der Waals surface area (Å²) in [5, 5.41) is 9.20. The first kappa shape index (κ1) is 26.4. The Morgan fingerprint density at radius 2 is 1.95 bits per heavy atom. The maximum atomic E-state index is 15.3. The van der Waals surface area contributed by atoms with E-state index in [0.717, 1.165) is 12.1 Å². The van der Waals surface area contributed by atoms with Crippen molar-refractivity contribution in [2.45, 2.75) is 25.4 Å². The summed E-state index contributed by atoms with van der Waals surface area (Å²) in [5.41, 5.74) is -1.03. The van der Waals surface area contributed by atoms with Crippen molar-refractivity contribution in [2.24, 2.45) is 7.05 Å². The Bertz CT molecular complexity index is 1580. The predicted octanol–water partition coefficient (Wildman–Crippen LogP) is 3.15. The van der Waals surface area contributed by atoms with Gasteiger partial charge in [-0.1, -0.05) is 16.8 Å². The molecule has 1 saturated heterocycles. The third kappa shape index (κ3) is 4.98. The molecule has 4 heterocycles. The van der Waals surface area contributed by atoms with E-state index in [4.69, 9.17) is 20.9 Å². The minimum atomic E-state index is -1.34. The zero-order valence-electron chi connectivity index (χ0n) is 21.0. The zero-order chi connectivity index (χ0) is 27.9. The van der Waals surface area contributed by atoms with Crippen molar-refractivity contribution in [3.8, 4) is 22.5 Å². The summed E-state index contributed by atoms with van der Waals surface area (Å²) in [6, 6.07) is 2.80. The summed E-state index contributed by atoms with van der Waals surface area (Å²) in [7, 11) is 1.65. The third-order valence-electron chi connectivity index (χ3n) is 6.25. The van der Waals surface area contributed by atoms with Crippen molar-refractivity contribution in [2.75, 3.05) is 13.2 Å². The minimum absolute atomic E-state index is 0.0256. The number of benzene rings is 1. The van der Waals surface area contributed by atoms with Crippen molar-refractivity contribution in [3.05, 3.63) is 70.9 Å². The first-order valence-corrected chi connectivity index (χ1v) is 12.1.